The molecule has 0 bridgehead atoms. The molecule has 168 valence electrons. The maximum Gasteiger partial charge on any atom is 0.272 e. The first-order valence-corrected chi connectivity index (χ1v) is 9.71. The first-order chi connectivity index (χ1) is 14.4. The number of nitrogens with one attached hydrogen (secondary N) is 2. The number of carbonyl (C=O) groups is 2. The van der Waals surface area contributed by atoms with Crippen LogP contribution in [0, 0.1) is 6.92 Å². The Bertz CT molecular complexity index is 966. The smallest absolute Gasteiger partial charge is 0.272 e. The lowest BCUT2D eigenvalue weighted by Gasteiger charge is -2.19. The predicted octanol–water partition coefficient (Wildman–Crippen LogP) is 3.25. The summed E-state index contributed by atoms with van der Waals surface area (Å²) in [5.41, 5.74) is 5.99. The van der Waals surface area contributed by atoms with Gasteiger partial charge in [-0.2, -0.15) is 0 Å². The van der Waals surface area contributed by atoms with E-state index in [4.69, 9.17) is 22.1 Å². The number of anilines is 1. The number of aromatic nitrogens is 2. The van der Waals surface area contributed by atoms with E-state index in [9.17, 15) is 18.4 Å². The molecule has 2 aromatic rings. The Hall–Kier alpha value is -2.85. The van der Waals surface area contributed by atoms with Gasteiger partial charge in [0, 0.05) is 23.5 Å². The van der Waals surface area contributed by atoms with Gasteiger partial charge in [-0.1, -0.05) is 11.6 Å². The molecule has 1 unspecified atom stereocenters. The van der Waals surface area contributed by atoms with Gasteiger partial charge in [0.15, 0.2) is 6.61 Å². The number of hydrogen-bond acceptors (Lipinski definition) is 6. The number of amides is 2. The molecule has 0 saturated heterocycles. The van der Waals surface area contributed by atoms with Crippen molar-refractivity contribution in [1.82, 2.24) is 15.3 Å². The van der Waals surface area contributed by atoms with Gasteiger partial charge >= 0.3 is 0 Å². The van der Waals surface area contributed by atoms with Crippen molar-refractivity contribution in [1.29, 1.82) is 0 Å². The molecule has 2 aromatic heterocycles. The van der Waals surface area contributed by atoms with E-state index in [1.54, 1.807) is 27.7 Å². The number of alkyl halides is 2. The summed E-state index contributed by atoms with van der Waals surface area (Å²) in [5, 5.41) is 5.46. The van der Waals surface area contributed by atoms with Crippen molar-refractivity contribution >= 4 is 29.2 Å². The third kappa shape index (κ3) is 6.56. The van der Waals surface area contributed by atoms with Crippen LogP contribution in [-0.4, -0.2) is 40.4 Å². The molecule has 1 atom stereocenters. The number of carbonyl (C=O) groups excluding carboxylic acids is 2. The second-order valence-electron chi connectivity index (χ2n) is 7.46. The summed E-state index contributed by atoms with van der Waals surface area (Å²) >= 11 is 6.04. The Morgan fingerprint density at radius 1 is 1.32 bits per heavy atom. The van der Waals surface area contributed by atoms with E-state index in [1.165, 1.54) is 24.5 Å². The largest absolute Gasteiger partial charge is 0.471 e. The highest BCUT2D eigenvalue weighted by Gasteiger charge is 2.24. The molecular weight excluding hydrogens is 432 g/mol. The van der Waals surface area contributed by atoms with E-state index in [0.717, 1.165) is 0 Å². The molecule has 0 aliphatic rings. The highest BCUT2D eigenvalue weighted by Crippen LogP contribution is 2.26. The minimum Gasteiger partial charge on any atom is -0.471 e. The molecule has 8 nitrogen and oxygen atoms in total. The molecule has 2 rings (SSSR count). The monoisotopic (exact) mass is 455 g/mol. The van der Waals surface area contributed by atoms with Gasteiger partial charge in [-0.3, -0.25) is 9.59 Å². The fourth-order valence-corrected chi connectivity index (χ4v) is 2.69. The highest BCUT2D eigenvalue weighted by molar-refractivity contribution is 6.31. The van der Waals surface area contributed by atoms with Gasteiger partial charge in [-0.25, -0.2) is 18.7 Å². The molecule has 4 N–H and O–H groups in total. The van der Waals surface area contributed by atoms with Crippen molar-refractivity contribution in [2.24, 2.45) is 5.73 Å². The molecule has 0 spiro atoms. The first kappa shape index (κ1) is 24.4. The maximum atomic E-state index is 12.8. The summed E-state index contributed by atoms with van der Waals surface area (Å²) in [6, 6.07) is 2.50. The van der Waals surface area contributed by atoms with Crippen LogP contribution in [0.4, 0.5) is 14.6 Å². The van der Waals surface area contributed by atoms with Crippen molar-refractivity contribution in [3.05, 3.63) is 46.2 Å². The Balaban J connectivity index is 2.13. The molecule has 0 saturated carbocycles. The minimum absolute atomic E-state index is 0.0498. The fourth-order valence-electron chi connectivity index (χ4n) is 2.46. The fraction of sp³-hybridized carbons (Fsp3) is 0.400. The van der Waals surface area contributed by atoms with E-state index in [0.29, 0.717) is 16.7 Å². The molecular formula is C20H24ClF2N5O3. The number of rotatable bonds is 8. The quantitative estimate of drug-likeness (QED) is 0.562. The van der Waals surface area contributed by atoms with Crippen LogP contribution in [0.2, 0.25) is 5.02 Å². The zero-order chi connectivity index (χ0) is 23.3. The average molecular weight is 456 g/mol. The van der Waals surface area contributed by atoms with Crippen LogP contribution in [0.3, 0.4) is 0 Å². The first-order valence-electron chi connectivity index (χ1n) is 9.33. The summed E-state index contributed by atoms with van der Waals surface area (Å²) in [4.78, 5) is 32.9. The van der Waals surface area contributed by atoms with E-state index in [-0.39, 0.29) is 16.7 Å². The molecule has 0 aliphatic heterocycles. The molecule has 0 aromatic carbocycles. The van der Waals surface area contributed by atoms with Gasteiger partial charge in [0.2, 0.25) is 11.8 Å². The summed E-state index contributed by atoms with van der Waals surface area (Å²) in [6.45, 7) is 5.65. The lowest BCUT2D eigenvalue weighted by Crippen LogP contribution is -2.45. The van der Waals surface area contributed by atoms with Crippen molar-refractivity contribution in [3.8, 4) is 5.88 Å². The Kier molecular flexibility index (Phi) is 7.85. The lowest BCUT2D eigenvalue weighted by molar-refractivity contribution is -0.120. The SMILES string of the molecule is Cc1c(C(=O)NC(C)c2cnc(OCC(F)F)c(Cl)c2)ccnc1NC(=O)C(C)(C)N. The van der Waals surface area contributed by atoms with Crippen LogP contribution in [0.15, 0.2) is 24.5 Å². The number of ether oxygens (including phenoxy) is 1. The average Bonchev–Trinajstić information content (AvgIpc) is 2.67. The maximum absolute atomic E-state index is 12.8. The minimum atomic E-state index is -2.65. The van der Waals surface area contributed by atoms with Crippen molar-refractivity contribution < 1.29 is 23.1 Å². The molecule has 2 amide bonds. The van der Waals surface area contributed by atoms with E-state index in [1.807, 2.05) is 0 Å². The zero-order valence-corrected chi connectivity index (χ0v) is 18.3. The molecule has 11 heteroatoms. The molecule has 0 aliphatic carbocycles. The van der Waals surface area contributed by atoms with Gasteiger partial charge in [0.05, 0.1) is 11.6 Å². The Labute approximate surface area is 183 Å². The number of halogens is 3. The lowest BCUT2D eigenvalue weighted by atomic mass is 10.1. The highest BCUT2D eigenvalue weighted by atomic mass is 35.5. The number of nitrogens with zero attached hydrogens (tertiary/aromatic N) is 2. The summed E-state index contributed by atoms with van der Waals surface area (Å²) in [5.74, 6) is -0.737. The van der Waals surface area contributed by atoms with Crippen molar-refractivity contribution in [3.63, 3.8) is 0 Å². The van der Waals surface area contributed by atoms with Gasteiger partial charge in [0.25, 0.3) is 12.3 Å². The second kappa shape index (κ2) is 9.97. The van der Waals surface area contributed by atoms with Crippen molar-refractivity contribution in [2.45, 2.75) is 45.7 Å². The Morgan fingerprint density at radius 2 is 2.00 bits per heavy atom. The van der Waals surface area contributed by atoms with Crippen LogP contribution < -0.4 is 21.1 Å². The Morgan fingerprint density at radius 3 is 2.58 bits per heavy atom. The van der Waals surface area contributed by atoms with Crippen molar-refractivity contribution in [2.75, 3.05) is 11.9 Å². The molecule has 31 heavy (non-hydrogen) atoms. The van der Waals surface area contributed by atoms with Gasteiger partial charge in [0.1, 0.15) is 10.8 Å². The third-order valence-electron chi connectivity index (χ3n) is 4.29. The number of hydrogen-bond donors (Lipinski definition) is 3. The summed E-state index contributed by atoms with van der Waals surface area (Å²) in [6.07, 6.45) is 0.135. The van der Waals surface area contributed by atoms with Gasteiger partial charge in [-0.05, 0) is 45.4 Å². The van der Waals surface area contributed by atoms with Crippen LogP contribution in [0.1, 0.15) is 48.3 Å². The number of pyridine rings is 2. The zero-order valence-electron chi connectivity index (χ0n) is 17.5. The molecule has 2 heterocycles. The standard InChI is InChI=1S/C20H24ClF2N5O3/c1-10-13(5-6-25-16(10)28-19(30)20(3,4)24)17(29)27-11(2)12-7-14(21)18(26-8-12)31-9-15(22)23/h5-8,11,15H,9,24H2,1-4H3,(H,27,29)(H,25,28,30). The molecule has 0 radical (unpaired) electrons. The van der Waals surface area contributed by atoms with E-state index >= 15 is 0 Å². The summed E-state index contributed by atoms with van der Waals surface area (Å²) in [7, 11) is 0. The second-order valence-corrected chi connectivity index (χ2v) is 7.87. The van der Waals surface area contributed by atoms with Crippen LogP contribution >= 0.6 is 11.6 Å². The van der Waals surface area contributed by atoms with E-state index in [2.05, 4.69) is 20.6 Å². The van der Waals surface area contributed by atoms with Gasteiger partial charge in [-0.15, -0.1) is 0 Å². The van der Waals surface area contributed by atoms with Crippen LogP contribution in [0.5, 0.6) is 5.88 Å². The normalized spacial score (nSPS) is 12.4. The number of nitrogens with two attached hydrogens (primary N) is 1. The van der Waals surface area contributed by atoms with Gasteiger partial charge < -0.3 is 21.1 Å². The van der Waals surface area contributed by atoms with Crippen LogP contribution in [-0.2, 0) is 4.79 Å². The molecule has 0 fully saturated rings. The van der Waals surface area contributed by atoms with E-state index < -0.39 is 36.4 Å². The van der Waals surface area contributed by atoms with Crippen LogP contribution in [0.25, 0.3) is 0 Å². The third-order valence-corrected chi connectivity index (χ3v) is 4.56. The predicted molar refractivity (Wildman–Crippen MR) is 112 cm³/mol. The summed E-state index contributed by atoms with van der Waals surface area (Å²) < 4.78 is 29.4. The topological polar surface area (TPSA) is 119 Å².